The van der Waals surface area contributed by atoms with E-state index in [1.807, 2.05) is 6.07 Å². The predicted molar refractivity (Wildman–Crippen MR) is 75.9 cm³/mol. The second-order valence-electron chi connectivity index (χ2n) is 3.99. The van der Waals surface area contributed by atoms with Gasteiger partial charge in [-0.05, 0) is 31.2 Å². The highest BCUT2D eigenvalue weighted by atomic mass is 16.5. The molecule has 20 heavy (non-hydrogen) atoms. The molecule has 0 aliphatic carbocycles. The Morgan fingerprint density at radius 2 is 2.10 bits per heavy atom. The summed E-state index contributed by atoms with van der Waals surface area (Å²) in [6, 6.07) is 10.0. The van der Waals surface area contributed by atoms with Crippen molar-refractivity contribution in [2.75, 3.05) is 17.7 Å². The first-order valence-corrected chi connectivity index (χ1v) is 6.03. The van der Waals surface area contributed by atoms with E-state index in [0.717, 1.165) is 5.69 Å². The van der Waals surface area contributed by atoms with Crippen molar-refractivity contribution < 1.29 is 9.84 Å². The van der Waals surface area contributed by atoms with Crippen LogP contribution in [0.4, 0.5) is 17.2 Å². The molecule has 0 unspecified atom stereocenters. The molecule has 4 N–H and O–H groups in total. The number of benzene rings is 1. The third kappa shape index (κ3) is 2.90. The SMILES string of the molecule is CCOc1nc(Nc2ccc(O)cc2)cc(N)c1C#N. The Morgan fingerprint density at radius 1 is 1.40 bits per heavy atom. The topological polar surface area (TPSA) is 104 Å². The number of nitrogen functional groups attached to an aromatic ring is 1. The van der Waals surface area contributed by atoms with Crippen molar-refractivity contribution in [2.45, 2.75) is 6.92 Å². The lowest BCUT2D eigenvalue weighted by Gasteiger charge is -2.11. The van der Waals surface area contributed by atoms with Gasteiger partial charge in [0, 0.05) is 11.8 Å². The van der Waals surface area contributed by atoms with E-state index in [1.165, 1.54) is 0 Å². The van der Waals surface area contributed by atoms with E-state index in [1.54, 1.807) is 37.3 Å². The first kappa shape index (κ1) is 13.5. The lowest BCUT2D eigenvalue weighted by atomic mass is 10.2. The van der Waals surface area contributed by atoms with Crippen LogP contribution in [-0.4, -0.2) is 16.7 Å². The van der Waals surface area contributed by atoms with Gasteiger partial charge in [-0.2, -0.15) is 10.2 Å². The number of nitrogens with one attached hydrogen (secondary N) is 1. The van der Waals surface area contributed by atoms with Crippen molar-refractivity contribution >= 4 is 17.2 Å². The van der Waals surface area contributed by atoms with Crippen LogP contribution in [0.1, 0.15) is 12.5 Å². The number of phenols is 1. The summed E-state index contributed by atoms with van der Waals surface area (Å²) < 4.78 is 5.31. The van der Waals surface area contributed by atoms with Crippen molar-refractivity contribution in [2.24, 2.45) is 0 Å². The van der Waals surface area contributed by atoms with Gasteiger partial charge >= 0.3 is 0 Å². The molecule has 2 rings (SSSR count). The van der Waals surface area contributed by atoms with Crippen LogP contribution in [-0.2, 0) is 0 Å². The second kappa shape index (κ2) is 5.80. The molecule has 1 heterocycles. The van der Waals surface area contributed by atoms with Gasteiger partial charge in [0.15, 0.2) is 0 Å². The molecule has 0 fully saturated rings. The Labute approximate surface area is 116 Å². The normalized spacial score (nSPS) is 9.80. The van der Waals surface area contributed by atoms with Gasteiger partial charge in [0.05, 0.1) is 12.3 Å². The van der Waals surface area contributed by atoms with Crippen molar-refractivity contribution in [3.63, 3.8) is 0 Å². The summed E-state index contributed by atoms with van der Waals surface area (Å²) in [6.45, 7) is 2.20. The van der Waals surface area contributed by atoms with E-state index in [2.05, 4.69) is 10.3 Å². The molecule has 102 valence electrons. The minimum absolute atomic E-state index is 0.179. The Kier molecular flexibility index (Phi) is 3.91. The smallest absolute Gasteiger partial charge is 0.235 e. The minimum Gasteiger partial charge on any atom is -0.508 e. The number of aromatic nitrogens is 1. The number of pyridine rings is 1. The number of nitrogens with zero attached hydrogens (tertiary/aromatic N) is 2. The number of ether oxygens (including phenoxy) is 1. The summed E-state index contributed by atoms with van der Waals surface area (Å²) >= 11 is 0. The fourth-order valence-corrected chi connectivity index (χ4v) is 1.65. The monoisotopic (exact) mass is 270 g/mol. The molecule has 0 spiro atoms. The van der Waals surface area contributed by atoms with E-state index in [0.29, 0.717) is 18.1 Å². The predicted octanol–water partition coefficient (Wildman–Crippen LogP) is 2.38. The van der Waals surface area contributed by atoms with Crippen LogP contribution in [0.25, 0.3) is 0 Å². The molecule has 1 aromatic heterocycles. The van der Waals surface area contributed by atoms with E-state index < -0.39 is 0 Å². The maximum atomic E-state index is 9.23. The first-order chi connectivity index (χ1) is 9.63. The standard InChI is InChI=1S/C14H14N4O2/c1-2-20-14-11(8-15)12(16)7-13(18-14)17-9-3-5-10(19)6-4-9/h3-7,19H,2H2,1H3,(H3,16,17,18). The van der Waals surface area contributed by atoms with Crippen LogP contribution < -0.4 is 15.8 Å². The average molecular weight is 270 g/mol. The fourth-order valence-electron chi connectivity index (χ4n) is 1.65. The van der Waals surface area contributed by atoms with Gasteiger partial charge in [-0.1, -0.05) is 0 Å². The average Bonchev–Trinajstić information content (AvgIpc) is 2.42. The quantitative estimate of drug-likeness (QED) is 0.737. The van der Waals surface area contributed by atoms with Crippen LogP contribution in [0.5, 0.6) is 11.6 Å². The van der Waals surface area contributed by atoms with Gasteiger partial charge in [-0.15, -0.1) is 0 Å². The minimum atomic E-state index is 0.179. The second-order valence-corrected chi connectivity index (χ2v) is 3.99. The molecular formula is C14H14N4O2. The molecule has 0 bridgehead atoms. The van der Waals surface area contributed by atoms with Gasteiger partial charge < -0.3 is 20.9 Å². The number of hydrogen-bond acceptors (Lipinski definition) is 6. The third-order valence-corrected chi connectivity index (χ3v) is 2.55. The molecule has 6 heteroatoms. The molecule has 2 aromatic rings. The number of hydrogen-bond donors (Lipinski definition) is 3. The van der Waals surface area contributed by atoms with Crippen molar-refractivity contribution in [3.8, 4) is 17.7 Å². The number of phenolic OH excluding ortho intramolecular Hbond substituents is 1. The summed E-state index contributed by atoms with van der Waals surface area (Å²) in [5, 5.41) is 21.3. The van der Waals surface area contributed by atoms with Crippen molar-refractivity contribution in [1.29, 1.82) is 5.26 Å². The van der Waals surface area contributed by atoms with Gasteiger partial charge in [-0.3, -0.25) is 0 Å². The van der Waals surface area contributed by atoms with E-state index in [-0.39, 0.29) is 17.2 Å². The lowest BCUT2D eigenvalue weighted by molar-refractivity contribution is 0.326. The number of nitrogens with two attached hydrogens (primary N) is 1. The number of nitriles is 1. The molecule has 6 nitrogen and oxygen atoms in total. The molecule has 0 aliphatic rings. The fraction of sp³-hybridized carbons (Fsp3) is 0.143. The van der Waals surface area contributed by atoms with Gasteiger partial charge in [0.1, 0.15) is 23.2 Å². The third-order valence-electron chi connectivity index (χ3n) is 2.55. The van der Waals surface area contributed by atoms with Gasteiger partial charge in [-0.25, -0.2) is 0 Å². The molecule has 1 aromatic carbocycles. The number of aromatic hydroxyl groups is 1. The highest BCUT2D eigenvalue weighted by Gasteiger charge is 2.11. The Morgan fingerprint density at radius 3 is 2.70 bits per heavy atom. The van der Waals surface area contributed by atoms with E-state index in [4.69, 9.17) is 15.7 Å². The molecule has 0 amide bonds. The molecule has 0 saturated carbocycles. The molecular weight excluding hydrogens is 256 g/mol. The number of anilines is 3. The molecule has 0 radical (unpaired) electrons. The van der Waals surface area contributed by atoms with E-state index >= 15 is 0 Å². The van der Waals surface area contributed by atoms with Crippen LogP contribution in [0.2, 0.25) is 0 Å². The van der Waals surface area contributed by atoms with Gasteiger partial charge in [0.25, 0.3) is 0 Å². The summed E-state index contributed by atoms with van der Waals surface area (Å²) in [6.07, 6.45) is 0. The maximum Gasteiger partial charge on any atom is 0.235 e. The highest BCUT2D eigenvalue weighted by Crippen LogP contribution is 2.27. The Balaban J connectivity index is 2.33. The number of rotatable bonds is 4. The van der Waals surface area contributed by atoms with E-state index in [9.17, 15) is 5.11 Å². The summed E-state index contributed by atoms with van der Waals surface area (Å²) in [5.41, 5.74) is 7.08. The first-order valence-electron chi connectivity index (χ1n) is 6.03. The van der Waals surface area contributed by atoms with Gasteiger partial charge in [0.2, 0.25) is 5.88 Å². The zero-order valence-electron chi connectivity index (χ0n) is 10.9. The Hall–Kier alpha value is -2.94. The maximum absolute atomic E-state index is 9.23. The zero-order chi connectivity index (χ0) is 14.5. The highest BCUT2D eigenvalue weighted by molar-refractivity contribution is 5.67. The van der Waals surface area contributed by atoms with Crippen LogP contribution in [0.3, 0.4) is 0 Å². The largest absolute Gasteiger partial charge is 0.508 e. The summed E-state index contributed by atoms with van der Waals surface area (Å²) in [4.78, 5) is 4.21. The zero-order valence-corrected chi connectivity index (χ0v) is 10.9. The summed E-state index contributed by atoms with van der Waals surface area (Å²) in [7, 11) is 0. The van der Waals surface area contributed by atoms with Crippen LogP contribution in [0.15, 0.2) is 30.3 Å². The Bertz CT molecular complexity index is 647. The molecule has 0 saturated heterocycles. The van der Waals surface area contributed by atoms with Crippen LogP contribution in [0, 0.1) is 11.3 Å². The molecule has 0 aliphatic heterocycles. The van der Waals surface area contributed by atoms with Crippen LogP contribution >= 0.6 is 0 Å². The lowest BCUT2D eigenvalue weighted by Crippen LogP contribution is -2.04. The molecule has 0 atom stereocenters. The van der Waals surface area contributed by atoms with Crippen molar-refractivity contribution in [3.05, 3.63) is 35.9 Å². The van der Waals surface area contributed by atoms with Crippen molar-refractivity contribution in [1.82, 2.24) is 4.98 Å². The summed E-state index contributed by atoms with van der Waals surface area (Å²) in [5.74, 6) is 0.852.